The van der Waals surface area contributed by atoms with Crippen LogP contribution in [-0.4, -0.2) is 45.5 Å². The largest absolute Gasteiger partial charge is 0.481 e. The maximum atomic E-state index is 12.5. The molecule has 1 aliphatic rings. The molecule has 0 spiro atoms. The van der Waals surface area contributed by atoms with Gasteiger partial charge in [-0.15, -0.1) is 0 Å². The fourth-order valence-corrected chi connectivity index (χ4v) is 4.10. The van der Waals surface area contributed by atoms with Crippen LogP contribution >= 0.6 is 0 Å². The van der Waals surface area contributed by atoms with E-state index in [0.717, 1.165) is 22.3 Å². The molecule has 0 saturated carbocycles. The van der Waals surface area contributed by atoms with Crippen LogP contribution in [-0.2, 0) is 16.6 Å². The van der Waals surface area contributed by atoms with Crippen molar-refractivity contribution in [3.63, 3.8) is 0 Å². The Bertz CT molecular complexity index is 1210. The van der Waals surface area contributed by atoms with Crippen LogP contribution < -0.4 is 10.6 Å². The summed E-state index contributed by atoms with van der Waals surface area (Å²) in [5.41, 5.74) is 4.67. The zero-order valence-corrected chi connectivity index (χ0v) is 19.1. The number of aliphatic carboxylic acids is 1. The van der Waals surface area contributed by atoms with Crippen LogP contribution in [0.2, 0.25) is 0 Å². The minimum atomic E-state index is -1.00. The lowest BCUT2D eigenvalue weighted by molar-refractivity contribution is -0.141. The van der Waals surface area contributed by atoms with Gasteiger partial charge in [-0.25, -0.2) is 4.79 Å². The van der Waals surface area contributed by atoms with E-state index in [1.807, 2.05) is 36.4 Å². The highest BCUT2D eigenvalue weighted by Gasteiger charge is 2.29. The summed E-state index contributed by atoms with van der Waals surface area (Å²) >= 11 is 0. The van der Waals surface area contributed by atoms with Crippen molar-refractivity contribution in [3.05, 3.63) is 71.4 Å². The van der Waals surface area contributed by atoms with E-state index in [2.05, 4.69) is 27.9 Å². The van der Waals surface area contributed by atoms with E-state index in [1.54, 1.807) is 14.0 Å². The first kappa shape index (κ1) is 23.0. The second kappa shape index (κ2) is 9.38. The fraction of sp³-hybridized carbons (Fsp3) is 0.280. The van der Waals surface area contributed by atoms with Crippen molar-refractivity contribution in [1.29, 1.82) is 0 Å². The second-order valence-electron chi connectivity index (χ2n) is 8.38. The number of carboxylic acid groups (broad SMARTS) is 1. The Morgan fingerprint density at radius 2 is 1.65 bits per heavy atom. The van der Waals surface area contributed by atoms with Crippen molar-refractivity contribution in [2.45, 2.75) is 25.8 Å². The van der Waals surface area contributed by atoms with Crippen molar-refractivity contribution in [2.24, 2.45) is 13.0 Å². The number of benzene rings is 2. The van der Waals surface area contributed by atoms with E-state index >= 15 is 0 Å². The molecule has 0 saturated heterocycles. The maximum absolute atomic E-state index is 12.5. The predicted octanol–water partition coefficient (Wildman–Crippen LogP) is 3.62. The predicted molar refractivity (Wildman–Crippen MR) is 126 cm³/mol. The normalized spacial score (nSPS) is 14.0. The summed E-state index contributed by atoms with van der Waals surface area (Å²) in [5, 5.41) is 18.4. The first-order chi connectivity index (χ1) is 16.3. The molecule has 176 valence electrons. The molecule has 2 aromatic carbocycles. The number of nitrogens with zero attached hydrogens (tertiary/aromatic N) is 2. The SMILES string of the molecule is CC(NC(=O)c1cc(NC(=O)OCC2c3ccccc3-c3ccccc32)nn1C)C(C)C(=O)O. The van der Waals surface area contributed by atoms with Crippen LogP contribution in [0.25, 0.3) is 11.1 Å². The van der Waals surface area contributed by atoms with Crippen LogP contribution in [0, 0.1) is 5.92 Å². The highest BCUT2D eigenvalue weighted by atomic mass is 16.5. The first-order valence-electron chi connectivity index (χ1n) is 11.0. The topological polar surface area (TPSA) is 123 Å². The van der Waals surface area contributed by atoms with Gasteiger partial charge in [0.15, 0.2) is 5.82 Å². The van der Waals surface area contributed by atoms with E-state index in [9.17, 15) is 14.4 Å². The van der Waals surface area contributed by atoms with E-state index in [1.165, 1.54) is 17.7 Å². The molecule has 3 N–H and O–H groups in total. The van der Waals surface area contributed by atoms with Gasteiger partial charge >= 0.3 is 12.1 Å². The zero-order chi connectivity index (χ0) is 24.4. The van der Waals surface area contributed by atoms with Gasteiger partial charge in [-0.05, 0) is 36.1 Å². The number of hydrogen-bond acceptors (Lipinski definition) is 5. The molecule has 2 atom stereocenters. The average molecular weight is 463 g/mol. The highest BCUT2D eigenvalue weighted by molar-refractivity contribution is 5.95. The summed E-state index contributed by atoms with van der Waals surface area (Å²) in [4.78, 5) is 36.1. The number of aromatic nitrogens is 2. The molecule has 0 radical (unpaired) electrons. The van der Waals surface area contributed by atoms with Crippen molar-refractivity contribution in [3.8, 4) is 11.1 Å². The van der Waals surface area contributed by atoms with Crippen LogP contribution in [0.1, 0.15) is 41.4 Å². The van der Waals surface area contributed by atoms with Crippen molar-refractivity contribution in [1.82, 2.24) is 15.1 Å². The maximum Gasteiger partial charge on any atom is 0.412 e. The number of carboxylic acids is 1. The third-order valence-electron chi connectivity index (χ3n) is 6.18. The lowest BCUT2D eigenvalue weighted by Gasteiger charge is -2.17. The molecule has 2 amide bonds. The van der Waals surface area contributed by atoms with Gasteiger partial charge in [-0.1, -0.05) is 48.5 Å². The minimum absolute atomic E-state index is 0.0686. The van der Waals surface area contributed by atoms with Gasteiger partial charge < -0.3 is 15.2 Å². The van der Waals surface area contributed by atoms with Gasteiger partial charge in [0, 0.05) is 25.1 Å². The Hall–Kier alpha value is -4.14. The number of carbonyl (C=O) groups is 3. The number of fused-ring (bicyclic) bond motifs is 3. The molecule has 9 heteroatoms. The molecule has 34 heavy (non-hydrogen) atoms. The lowest BCUT2D eigenvalue weighted by Crippen LogP contribution is -2.40. The average Bonchev–Trinajstić information content (AvgIpc) is 3.34. The molecular weight excluding hydrogens is 436 g/mol. The number of ether oxygens (including phenoxy) is 1. The van der Waals surface area contributed by atoms with Crippen molar-refractivity contribution in [2.75, 3.05) is 11.9 Å². The zero-order valence-electron chi connectivity index (χ0n) is 19.1. The monoisotopic (exact) mass is 462 g/mol. The molecule has 1 heterocycles. The van der Waals surface area contributed by atoms with Crippen LogP contribution in [0.5, 0.6) is 0 Å². The molecule has 2 unspecified atom stereocenters. The molecule has 0 aliphatic heterocycles. The third-order valence-corrected chi connectivity index (χ3v) is 6.18. The van der Waals surface area contributed by atoms with Crippen molar-refractivity contribution < 1.29 is 24.2 Å². The Balaban J connectivity index is 1.39. The summed E-state index contributed by atoms with van der Waals surface area (Å²) in [7, 11) is 1.56. The smallest absolute Gasteiger partial charge is 0.412 e. The van der Waals surface area contributed by atoms with Gasteiger partial charge in [-0.3, -0.25) is 19.6 Å². The Kier molecular flexibility index (Phi) is 6.36. The first-order valence-corrected chi connectivity index (χ1v) is 11.0. The van der Waals surface area contributed by atoms with E-state index in [4.69, 9.17) is 9.84 Å². The number of carbonyl (C=O) groups excluding carboxylic acids is 2. The highest BCUT2D eigenvalue weighted by Crippen LogP contribution is 2.44. The molecule has 1 aromatic heterocycles. The van der Waals surface area contributed by atoms with E-state index < -0.39 is 29.9 Å². The van der Waals surface area contributed by atoms with Gasteiger partial charge in [0.2, 0.25) is 0 Å². The lowest BCUT2D eigenvalue weighted by atomic mass is 9.98. The molecule has 1 aliphatic carbocycles. The minimum Gasteiger partial charge on any atom is -0.481 e. The Morgan fingerprint density at radius 1 is 1.06 bits per heavy atom. The Morgan fingerprint density at radius 3 is 2.24 bits per heavy atom. The van der Waals surface area contributed by atoms with Gasteiger partial charge in [0.05, 0.1) is 5.92 Å². The molecule has 4 rings (SSSR count). The number of amides is 2. The molecule has 9 nitrogen and oxygen atoms in total. The number of anilines is 1. The molecule has 0 bridgehead atoms. The Labute approximate surface area is 196 Å². The fourth-order valence-electron chi connectivity index (χ4n) is 4.10. The number of hydrogen-bond donors (Lipinski definition) is 3. The molecular formula is C25H26N4O5. The van der Waals surface area contributed by atoms with Crippen molar-refractivity contribution >= 4 is 23.8 Å². The summed E-state index contributed by atoms with van der Waals surface area (Å²) in [6, 6.07) is 16.9. The number of rotatable bonds is 7. The summed E-state index contributed by atoms with van der Waals surface area (Å²) in [6.45, 7) is 3.29. The van der Waals surface area contributed by atoms with E-state index in [-0.39, 0.29) is 24.0 Å². The molecule has 3 aromatic rings. The number of aryl methyl sites for hydroxylation is 1. The van der Waals surface area contributed by atoms with Crippen LogP contribution in [0.4, 0.5) is 10.6 Å². The standard InChI is InChI=1S/C25H26N4O5/c1-14(24(31)32)15(2)26-23(30)21-12-22(28-29(21)3)27-25(33)34-13-20-18-10-6-4-8-16(18)17-9-5-7-11-19(17)20/h4-12,14-15,20H,13H2,1-3H3,(H,26,30)(H,31,32)(H,27,28,33). The van der Waals surface area contributed by atoms with E-state index in [0.29, 0.717) is 0 Å². The van der Waals surface area contributed by atoms with Crippen LogP contribution in [0.15, 0.2) is 54.6 Å². The molecule has 0 fully saturated rings. The van der Waals surface area contributed by atoms with Crippen LogP contribution in [0.3, 0.4) is 0 Å². The van der Waals surface area contributed by atoms with Gasteiger partial charge in [-0.2, -0.15) is 5.10 Å². The van der Waals surface area contributed by atoms with Gasteiger partial charge in [0.1, 0.15) is 12.3 Å². The summed E-state index contributed by atoms with van der Waals surface area (Å²) < 4.78 is 6.82. The second-order valence-corrected chi connectivity index (χ2v) is 8.38. The quantitative estimate of drug-likeness (QED) is 0.493. The summed E-state index contributed by atoms with van der Waals surface area (Å²) in [6.07, 6.45) is -0.681. The third kappa shape index (κ3) is 4.50. The van der Waals surface area contributed by atoms with Gasteiger partial charge in [0.25, 0.3) is 5.91 Å². The number of nitrogens with one attached hydrogen (secondary N) is 2. The summed E-state index contributed by atoms with van der Waals surface area (Å²) in [5.74, 6) is -2.16.